The average molecular weight is 331 g/mol. The van der Waals surface area contributed by atoms with E-state index in [1.54, 1.807) is 0 Å². The summed E-state index contributed by atoms with van der Waals surface area (Å²) in [7, 11) is -2.57. The first kappa shape index (κ1) is 21.4. The standard InChI is InChI=1S/C18H42OSi2/c1-17(2,3)20(7,8)16-14-12-11-13-15-19-21(9,10)18(4,5)6/h11-16H2,1-10H3. The lowest BCUT2D eigenvalue weighted by atomic mass is 10.2. The summed E-state index contributed by atoms with van der Waals surface area (Å²) in [6.45, 7) is 25.0. The van der Waals surface area contributed by atoms with Crippen molar-refractivity contribution in [1.29, 1.82) is 0 Å². The molecule has 0 aromatic carbocycles. The molecule has 0 aromatic heterocycles. The Hall–Kier alpha value is 0.394. The molecule has 0 aliphatic rings. The van der Waals surface area contributed by atoms with Gasteiger partial charge in [0.15, 0.2) is 8.32 Å². The lowest BCUT2D eigenvalue weighted by Crippen LogP contribution is -2.40. The van der Waals surface area contributed by atoms with E-state index >= 15 is 0 Å². The Bertz CT molecular complexity index is 265. The first-order valence-electron chi connectivity index (χ1n) is 8.85. The molecule has 0 heterocycles. The van der Waals surface area contributed by atoms with E-state index in [9.17, 15) is 0 Å². The Labute approximate surface area is 137 Å². The highest BCUT2D eigenvalue weighted by molar-refractivity contribution is 6.80. The molecule has 0 aliphatic carbocycles. The quantitative estimate of drug-likeness (QED) is 0.341. The lowest BCUT2D eigenvalue weighted by Gasteiger charge is -2.37. The number of unbranched alkanes of at least 4 members (excludes halogenated alkanes) is 3. The highest BCUT2D eigenvalue weighted by Gasteiger charge is 2.37. The summed E-state index contributed by atoms with van der Waals surface area (Å²) < 4.78 is 6.24. The molecular weight excluding hydrogens is 288 g/mol. The molecule has 128 valence electrons. The molecule has 0 N–H and O–H groups in total. The molecule has 0 saturated heterocycles. The predicted molar refractivity (Wildman–Crippen MR) is 104 cm³/mol. The maximum Gasteiger partial charge on any atom is 0.191 e. The summed E-state index contributed by atoms with van der Waals surface area (Å²) in [4.78, 5) is 0. The van der Waals surface area contributed by atoms with Gasteiger partial charge in [0, 0.05) is 6.61 Å². The molecule has 0 radical (unpaired) electrons. The van der Waals surface area contributed by atoms with Gasteiger partial charge in [0.25, 0.3) is 0 Å². The van der Waals surface area contributed by atoms with E-state index in [1.165, 1.54) is 31.7 Å². The molecule has 21 heavy (non-hydrogen) atoms. The molecular formula is C18H42OSi2. The third-order valence-electron chi connectivity index (χ3n) is 6.00. The number of rotatable bonds is 8. The Kier molecular flexibility index (Phi) is 7.93. The average Bonchev–Trinajstić information content (AvgIpc) is 2.24. The fraction of sp³-hybridized carbons (Fsp3) is 1.00. The molecule has 3 heteroatoms. The van der Waals surface area contributed by atoms with Gasteiger partial charge in [-0.2, -0.15) is 0 Å². The van der Waals surface area contributed by atoms with Gasteiger partial charge in [0.05, 0.1) is 8.07 Å². The Morgan fingerprint density at radius 3 is 1.57 bits per heavy atom. The molecule has 0 bridgehead atoms. The fourth-order valence-corrected chi connectivity index (χ4v) is 4.91. The van der Waals surface area contributed by atoms with E-state index < -0.39 is 16.4 Å². The van der Waals surface area contributed by atoms with Crippen LogP contribution in [0.15, 0.2) is 0 Å². The van der Waals surface area contributed by atoms with Crippen LogP contribution < -0.4 is 0 Å². The van der Waals surface area contributed by atoms with Crippen LogP contribution >= 0.6 is 0 Å². The zero-order valence-electron chi connectivity index (χ0n) is 16.7. The van der Waals surface area contributed by atoms with E-state index in [0.29, 0.717) is 10.1 Å². The predicted octanol–water partition coefficient (Wildman–Crippen LogP) is 7.08. The van der Waals surface area contributed by atoms with Gasteiger partial charge in [0.2, 0.25) is 0 Å². The van der Waals surface area contributed by atoms with Crippen LogP contribution in [0.4, 0.5) is 0 Å². The van der Waals surface area contributed by atoms with Crippen molar-refractivity contribution in [2.75, 3.05) is 6.61 Å². The monoisotopic (exact) mass is 330 g/mol. The summed E-state index contributed by atoms with van der Waals surface area (Å²) in [6.07, 6.45) is 5.37. The molecule has 0 fully saturated rings. The number of hydrogen-bond acceptors (Lipinski definition) is 1. The van der Waals surface area contributed by atoms with Crippen LogP contribution in [0.1, 0.15) is 67.2 Å². The molecule has 0 spiro atoms. The fourth-order valence-electron chi connectivity index (χ4n) is 1.94. The van der Waals surface area contributed by atoms with Crippen LogP contribution in [0.3, 0.4) is 0 Å². The van der Waals surface area contributed by atoms with Crippen molar-refractivity contribution in [3.63, 3.8) is 0 Å². The van der Waals surface area contributed by atoms with Gasteiger partial charge in [-0.15, -0.1) is 0 Å². The van der Waals surface area contributed by atoms with Crippen LogP contribution in [-0.2, 0) is 4.43 Å². The second-order valence-corrected chi connectivity index (χ2v) is 20.5. The van der Waals surface area contributed by atoms with Crippen molar-refractivity contribution in [3.8, 4) is 0 Å². The van der Waals surface area contributed by atoms with Crippen LogP contribution in [0, 0.1) is 0 Å². The molecule has 0 aliphatic heterocycles. The first-order valence-corrected chi connectivity index (χ1v) is 15.0. The summed E-state index contributed by atoms with van der Waals surface area (Å²) in [5, 5.41) is 0.883. The molecule has 0 atom stereocenters. The van der Waals surface area contributed by atoms with Gasteiger partial charge in [-0.3, -0.25) is 0 Å². The van der Waals surface area contributed by atoms with Crippen LogP contribution in [0.2, 0.25) is 42.3 Å². The zero-order valence-corrected chi connectivity index (χ0v) is 18.7. The van der Waals surface area contributed by atoms with E-state index in [-0.39, 0.29) is 0 Å². The van der Waals surface area contributed by atoms with Gasteiger partial charge in [-0.25, -0.2) is 0 Å². The van der Waals surface area contributed by atoms with Gasteiger partial charge in [-0.05, 0) is 29.6 Å². The Balaban J connectivity index is 3.81. The first-order chi connectivity index (χ1) is 9.21. The minimum absolute atomic E-state index is 0.343. The molecule has 0 aromatic rings. The molecule has 0 saturated carbocycles. The SMILES string of the molecule is CC(C)(C)[Si](C)(C)CCCCCCO[Si](C)(C)C(C)(C)C. The van der Waals surface area contributed by atoms with Crippen LogP contribution in [0.5, 0.6) is 0 Å². The highest BCUT2D eigenvalue weighted by atomic mass is 28.4. The molecule has 1 nitrogen and oxygen atoms in total. The third-order valence-corrected chi connectivity index (χ3v) is 16.2. The summed E-state index contributed by atoms with van der Waals surface area (Å²) in [5.74, 6) is 0. The smallest absolute Gasteiger partial charge is 0.191 e. The van der Waals surface area contributed by atoms with Crippen molar-refractivity contribution < 1.29 is 4.43 Å². The van der Waals surface area contributed by atoms with Gasteiger partial charge in [-0.1, -0.05) is 79.9 Å². The molecule has 0 amide bonds. The third kappa shape index (κ3) is 7.47. The van der Waals surface area contributed by atoms with Crippen molar-refractivity contribution in [3.05, 3.63) is 0 Å². The van der Waals surface area contributed by atoms with E-state index in [0.717, 1.165) is 6.61 Å². The lowest BCUT2D eigenvalue weighted by molar-refractivity contribution is 0.277. The van der Waals surface area contributed by atoms with Crippen molar-refractivity contribution in [1.82, 2.24) is 0 Å². The van der Waals surface area contributed by atoms with E-state index in [1.807, 2.05) is 0 Å². The maximum absolute atomic E-state index is 6.24. The minimum atomic E-state index is -1.52. The van der Waals surface area contributed by atoms with Crippen molar-refractivity contribution in [2.24, 2.45) is 0 Å². The molecule has 0 rings (SSSR count). The Morgan fingerprint density at radius 1 is 0.667 bits per heavy atom. The summed E-state index contributed by atoms with van der Waals surface area (Å²) >= 11 is 0. The molecule has 0 unspecified atom stereocenters. The largest absolute Gasteiger partial charge is 0.417 e. The summed E-state index contributed by atoms with van der Waals surface area (Å²) in [5.41, 5.74) is 0. The topological polar surface area (TPSA) is 9.23 Å². The van der Waals surface area contributed by atoms with Crippen LogP contribution in [0.25, 0.3) is 0 Å². The zero-order chi connectivity index (χ0) is 16.9. The van der Waals surface area contributed by atoms with E-state index in [4.69, 9.17) is 4.43 Å². The van der Waals surface area contributed by atoms with Gasteiger partial charge >= 0.3 is 0 Å². The van der Waals surface area contributed by atoms with Crippen molar-refractivity contribution >= 4 is 16.4 Å². The van der Waals surface area contributed by atoms with Crippen molar-refractivity contribution in [2.45, 2.75) is 110 Å². The van der Waals surface area contributed by atoms with Gasteiger partial charge in [0.1, 0.15) is 0 Å². The second-order valence-electron chi connectivity index (χ2n) is 9.91. The number of hydrogen-bond donors (Lipinski definition) is 0. The maximum atomic E-state index is 6.24. The second kappa shape index (κ2) is 7.78. The van der Waals surface area contributed by atoms with Crippen LogP contribution in [-0.4, -0.2) is 23.0 Å². The van der Waals surface area contributed by atoms with Gasteiger partial charge < -0.3 is 4.43 Å². The summed E-state index contributed by atoms with van der Waals surface area (Å²) in [6, 6.07) is 1.47. The Morgan fingerprint density at radius 2 is 1.14 bits per heavy atom. The normalized spacial score (nSPS) is 14.6. The highest BCUT2D eigenvalue weighted by Crippen LogP contribution is 2.39. The minimum Gasteiger partial charge on any atom is -0.417 e. The van der Waals surface area contributed by atoms with E-state index in [2.05, 4.69) is 67.7 Å².